The fourth-order valence-corrected chi connectivity index (χ4v) is 1.59. The molecular formula is C14H10F3NO. The van der Waals surface area contributed by atoms with Crippen LogP contribution in [0.25, 0.3) is 0 Å². The van der Waals surface area contributed by atoms with E-state index in [2.05, 4.69) is 5.32 Å². The molecule has 2 aromatic rings. The molecule has 5 heteroatoms. The lowest BCUT2D eigenvalue weighted by atomic mass is 10.1. The van der Waals surface area contributed by atoms with E-state index in [1.807, 2.05) is 0 Å². The van der Waals surface area contributed by atoms with Crippen molar-refractivity contribution < 1.29 is 18.0 Å². The number of benzene rings is 2. The summed E-state index contributed by atoms with van der Waals surface area (Å²) in [5.41, 5.74) is 0.102. The third-order valence-corrected chi connectivity index (χ3v) is 2.57. The standard InChI is InChI=1S/C14H10F3NO/c1-8-5-6-9(11(16)7-8)14(19)18-12-4-2-3-10(15)13(12)17/h2-7H,1H3,(H,18,19). The summed E-state index contributed by atoms with van der Waals surface area (Å²) < 4.78 is 39.9. The summed E-state index contributed by atoms with van der Waals surface area (Å²) in [5.74, 6) is -3.80. The van der Waals surface area contributed by atoms with Gasteiger partial charge in [-0.25, -0.2) is 13.2 Å². The van der Waals surface area contributed by atoms with Gasteiger partial charge in [-0.3, -0.25) is 4.79 Å². The highest BCUT2D eigenvalue weighted by Gasteiger charge is 2.15. The molecule has 0 radical (unpaired) electrons. The Morgan fingerprint density at radius 3 is 2.47 bits per heavy atom. The second-order valence-corrected chi connectivity index (χ2v) is 4.04. The first kappa shape index (κ1) is 13.1. The van der Waals surface area contributed by atoms with Crippen LogP contribution in [0, 0.1) is 24.4 Å². The highest BCUT2D eigenvalue weighted by atomic mass is 19.2. The minimum absolute atomic E-state index is 0.228. The van der Waals surface area contributed by atoms with Crippen LogP contribution in [-0.2, 0) is 0 Å². The van der Waals surface area contributed by atoms with E-state index >= 15 is 0 Å². The number of halogens is 3. The Morgan fingerprint density at radius 2 is 1.79 bits per heavy atom. The Morgan fingerprint density at radius 1 is 1.05 bits per heavy atom. The van der Waals surface area contributed by atoms with Crippen molar-refractivity contribution in [1.29, 1.82) is 0 Å². The van der Waals surface area contributed by atoms with Crippen LogP contribution in [-0.4, -0.2) is 5.91 Å². The molecule has 0 aliphatic rings. The van der Waals surface area contributed by atoms with Crippen LogP contribution in [0.1, 0.15) is 15.9 Å². The molecule has 19 heavy (non-hydrogen) atoms. The van der Waals surface area contributed by atoms with E-state index in [0.717, 1.165) is 6.07 Å². The second-order valence-electron chi connectivity index (χ2n) is 4.04. The fraction of sp³-hybridized carbons (Fsp3) is 0.0714. The van der Waals surface area contributed by atoms with Gasteiger partial charge in [-0.2, -0.15) is 0 Å². The van der Waals surface area contributed by atoms with Crippen molar-refractivity contribution in [2.45, 2.75) is 6.92 Å². The van der Waals surface area contributed by atoms with Crippen LogP contribution < -0.4 is 5.32 Å². The van der Waals surface area contributed by atoms with Gasteiger partial charge < -0.3 is 5.32 Å². The molecule has 2 aromatic carbocycles. The third kappa shape index (κ3) is 2.76. The van der Waals surface area contributed by atoms with Gasteiger partial charge in [0, 0.05) is 0 Å². The molecule has 0 saturated heterocycles. The van der Waals surface area contributed by atoms with Crippen molar-refractivity contribution >= 4 is 11.6 Å². The van der Waals surface area contributed by atoms with Crippen LogP contribution in [0.2, 0.25) is 0 Å². The molecule has 1 amide bonds. The molecule has 0 heterocycles. The normalized spacial score (nSPS) is 10.3. The predicted octanol–water partition coefficient (Wildman–Crippen LogP) is 3.66. The largest absolute Gasteiger partial charge is 0.319 e. The summed E-state index contributed by atoms with van der Waals surface area (Å²) in [5, 5.41) is 2.13. The number of anilines is 1. The Bertz CT molecular complexity index is 641. The number of carbonyl (C=O) groups excluding carboxylic acids is 1. The van der Waals surface area contributed by atoms with Crippen molar-refractivity contribution in [2.24, 2.45) is 0 Å². The molecule has 1 N–H and O–H groups in total. The van der Waals surface area contributed by atoms with E-state index in [1.165, 1.54) is 24.3 Å². The molecule has 0 bridgehead atoms. The molecule has 0 aliphatic heterocycles. The topological polar surface area (TPSA) is 29.1 Å². The number of carbonyl (C=O) groups is 1. The van der Waals surface area contributed by atoms with Gasteiger partial charge in [0.2, 0.25) is 0 Å². The fourth-order valence-electron chi connectivity index (χ4n) is 1.59. The van der Waals surface area contributed by atoms with Gasteiger partial charge in [-0.05, 0) is 36.8 Å². The van der Waals surface area contributed by atoms with E-state index in [1.54, 1.807) is 13.0 Å². The first-order valence-corrected chi connectivity index (χ1v) is 5.50. The average molecular weight is 265 g/mol. The molecule has 0 aliphatic carbocycles. The molecule has 0 unspecified atom stereocenters. The van der Waals surface area contributed by atoms with Crippen LogP contribution in [0.5, 0.6) is 0 Å². The maximum atomic E-state index is 13.6. The lowest BCUT2D eigenvalue weighted by Crippen LogP contribution is -2.15. The molecule has 2 nitrogen and oxygen atoms in total. The van der Waals surface area contributed by atoms with Crippen LogP contribution in [0.15, 0.2) is 36.4 Å². The summed E-state index contributed by atoms with van der Waals surface area (Å²) >= 11 is 0. The quantitative estimate of drug-likeness (QED) is 0.882. The van der Waals surface area contributed by atoms with Crippen molar-refractivity contribution in [1.82, 2.24) is 0 Å². The van der Waals surface area contributed by atoms with E-state index < -0.39 is 23.4 Å². The first-order chi connectivity index (χ1) is 8.99. The maximum Gasteiger partial charge on any atom is 0.258 e. The molecule has 0 spiro atoms. The molecule has 0 atom stereocenters. The van der Waals surface area contributed by atoms with Gasteiger partial charge in [0.25, 0.3) is 5.91 Å². The number of hydrogen-bond donors (Lipinski definition) is 1. The number of hydrogen-bond acceptors (Lipinski definition) is 1. The molecule has 2 rings (SSSR count). The van der Waals surface area contributed by atoms with E-state index in [0.29, 0.717) is 5.56 Å². The molecule has 0 aromatic heterocycles. The van der Waals surface area contributed by atoms with Crippen LogP contribution >= 0.6 is 0 Å². The Kier molecular flexibility index (Phi) is 3.55. The van der Waals surface area contributed by atoms with Crippen molar-refractivity contribution in [3.63, 3.8) is 0 Å². The van der Waals surface area contributed by atoms with Gasteiger partial charge in [0.15, 0.2) is 11.6 Å². The van der Waals surface area contributed by atoms with E-state index in [-0.39, 0.29) is 11.3 Å². The summed E-state index contributed by atoms with van der Waals surface area (Å²) in [6.45, 7) is 1.68. The monoisotopic (exact) mass is 265 g/mol. The van der Waals surface area contributed by atoms with Crippen molar-refractivity contribution in [2.75, 3.05) is 5.32 Å². The highest BCUT2D eigenvalue weighted by Crippen LogP contribution is 2.18. The van der Waals surface area contributed by atoms with Crippen LogP contribution in [0.3, 0.4) is 0 Å². The summed E-state index contributed by atoms with van der Waals surface area (Å²) in [6, 6.07) is 7.41. The lowest BCUT2D eigenvalue weighted by Gasteiger charge is -2.07. The van der Waals surface area contributed by atoms with Gasteiger partial charge in [0.05, 0.1) is 11.3 Å². The van der Waals surface area contributed by atoms with Gasteiger partial charge in [0.1, 0.15) is 5.82 Å². The van der Waals surface area contributed by atoms with Crippen LogP contribution in [0.4, 0.5) is 18.9 Å². The van der Waals surface area contributed by atoms with E-state index in [4.69, 9.17) is 0 Å². The summed E-state index contributed by atoms with van der Waals surface area (Å²) in [4.78, 5) is 11.8. The molecule has 98 valence electrons. The molecular weight excluding hydrogens is 255 g/mol. The third-order valence-electron chi connectivity index (χ3n) is 2.57. The minimum atomic E-state index is -1.18. The Balaban J connectivity index is 2.28. The zero-order valence-corrected chi connectivity index (χ0v) is 10.0. The smallest absolute Gasteiger partial charge is 0.258 e. The van der Waals surface area contributed by atoms with Gasteiger partial charge >= 0.3 is 0 Å². The highest BCUT2D eigenvalue weighted by molar-refractivity contribution is 6.04. The summed E-state index contributed by atoms with van der Waals surface area (Å²) in [6.07, 6.45) is 0. The number of nitrogens with one attached hydrogen (secondary N) is 1. The molecule has 0 fully saturated rings. The number of rotatable bonds is 2. The minimum Gasteiger partial charge on any atom is -0.319 e. The summed E-state index contributed by atoms with van der Waals surface area (Å²) in [7, 11) is 0. The lowest BCUT2D eigenvalue weighted by molar-refractivity contribution is 0.102. The maximum absolute atomic E-state index is 13.6. The van der Waals surface area contributed by atoms with Crippen molar-refractivity contribution in [3.05, 3.63) is 65.0 Å². The zero-order chi connectivity index (χ0) is 14.0. The van der Waals surface area contributed by atoms with Gasteiger partial charge in [-0.1, -0.05) is 12.1 Å². The molecule has 0 saturated carbocycles. The number of aryl methyl sites for hydroxylation is 1. The SMILES string of the molecule is Cc1ccc(C(=O)Nc2cccc(F)c2F)c(F)c1. The Hall–Kier alpha value is -2.30. The van der Waals surface area contributed by atoms with E-state index in [9.17, 15) is 18.0 Å². The van der Waals surface area contributed by atoms with Crippen molar-refractivity contribution in [3.8, 4) is 0 Å². The second kappa shape index (κ2) is 5.14. The Labute approximate surface area is 107 Å². The first-order valence-electron chi connectivity index (χ1n) is 5.50. The number of amides is 1. The zero-order valence-electron chi connectivity index (χ0n) is 10.0. The average Bonchev–Trinajstić information content (AvgIpc) is 2.34. The van der Waals surface area contributed by atoms with Gasteiger partial charge in [-0.15, -0.1) is 0 Å². The predicted molar refractivity (Wildman–Crippen MR) is 65.4 cm³/mol.